The number of fused-ring (bicyclic) bond motifs is 1. The molecular formula is C23H22Cl3N5OS. The molecule has 0 bridgehead atoms. The molecule has 2 aromatic carbocycles. The number of halogens is 3. The first kappa shape index (κ1) is 25.3. The first-order chi connectivity index (χ1) is 15.1. The summed E-state index contributed by atoms with van der Waals surface area (Å²) >= 11 is 7.79. The lowest BCUT2D eigenvalue weighted by Crippen LogP contribution is -2.49. The van der Waals surface area contributed by atoms with E-state index >= 15 is 0 Å². The molecular weight excluding hydrogens is 501 g/mol. The zero-order valence-corrected chi connectivity index (χ0v) is 20.8. The van der Waals surface area contributed by atoms with E-state index in [1.54, 1.807) is 18.0 Å². The van der Waals surface area contributed by atoms with E-state index in [2.05, 4.69) is 20.5 Å². The standard InChI is InChI=1S/C23H20ClN5OS.2ClH/c24-18-2-1-3-19(12-18)27-8-10-28(11-9-27)22(30)20-14-26-23-29(20)21(15-31-23)17-6-4-16(13-25)5-7-17;;/h1-7,12,14,21H,8-11,15H2;2*1H. The van der Waals surface area contributed by atoms with Crippen molar-refractivity contribution < 1.29 is 4.79 Å². The van der Waals surface area contributed by atoms with Gasteiger partial charge in [-0.2, -0.15) is 5.26 Å². The summed E-state index contributed by atoms with van der Waals surface area (Å²) in [5.74, 6) is 0.850. The van der Waals surface area contributed by atoms with E-state index in [1.165, 1.54) is 0 Å². The summed E-state index contributed by atoms with van der Waals surface area (Å²) in [6.45, 7) is 2.84. The Kier molecular flexibility index (Phi) is 8.19. The van der Waals surface area contributed by atoms with Crippen molar-refractivity contribution in [1.82, 2.24) is 14.5 Å². The van der Waals surface area contributed by atoms with Gasteiger partial charge in [0.05, 0.1) is 23.9 Å². The fourth-order valence-corrected chi connectivity index (χ4v) is 5.49. The number of imidazole rings is 1. The fraction of sp³-hybridized carbons (Fsp3) is 0.261. The van der Waals surface area contributed by atoms with Crippen molar-refractivity contribution in [2.75, 3.05) is 36.8 Å². The third kappa shape index (κ3) is 4.95. The number of thioether (sulfide) groups is 1. The van der Waals surface area contributed by atoms with Gasteiger partial charge >= 0.3 is 0 Å². The number of carbonyl (C=O) groups excluding carboxylic acids is 1. The molecule has 172 valence electrons. The van der Waals surface area contributed by atoms with Crippen LogP contribution in [0.2, 0.25) is 5.02 Å². The highest BCUT2D eigenvalue weighted by molar-refractivity contribution is 7.99. The van der Waals surface area contributed by atoms with Gasteiger partial charge in [-0.05, 0) is 35.9 Å². The Hall–Kier alpha value is -2.37. The molecule has 0 saturated carbocycles. The molecule has 5 rings (SSSR count). The largest absolute Gasteiger partial charge is 0.368 e. The number of rotatable bonds is 3. The zero-order chi connectivity index (χ0) is 21.4. The Balaban J connectivity index is 0.00000153. The van der Waals surface area contributed by atoms with Crippen LogP contribution in [0.25, 0.3) is 0 Å². The van der Waals surface area contributed by atoms with Crippen LogP contribution in [0, 0.1) is 11.3 Å². The van der Waals surface area contributed by atoms with Gasteiger partial charge < -0.3 is 14.4 Å². The highest BCUT2D eigenvalue weighted by Gasteiger charge is 2.33. The lowest BCUT2D eigenvalue weighted by molar-refractivity contribution is 0.0734. The molecule has 1 saturated heterocycles. The van der Waals surface area contributed by atoms with Gasteiger partial charge in [-0.3, -0.25) is 4.79 Å². The van der Waals surface area contributed by atoms with Crippen molar-refractivity contribution in [3.8, 4) is 6.07 Å². The number of carbonyl (C=O) groups is 1. The molecule has 2 aliphatic rings. The Labute approximate surface area is 214 Å². The van der Waals surface area contributed by atoms with E-state index in [9.17, 15) is 4.79 Å². The monoisotopic (exact) mass is 521 g/mol. The van der Waals surface area contributed by atoms with Crippen LogP contribution >= 0.6 is 48.2 Å². The van der Waals surface area contributed by atoms with Crippen LogP contribution in [0.3, 0.4) is 0 Å². The van der Waals surface area contributed by atoms with Crippen LogP contribution in [0.4, 0.5) is 5.69 Å². The number of anilines is 1. The van der Waals surface area contributed by atoms with Gasteiger partial charge in [0.15, 0.2) is 5.16 Å². The van der Waals surface area contributed by atoms with E-state index in [4.69, 9.17) is 16.9 Å². The highest BCUT2D eigenvalue weighted by Crippen LogP contribution is 2.38. The molecule has 0 spiro atoms. The fourth-order valence-electron chi connectivity index (χ4n) is 4.17. The lowest BCUT2D eigenvalue weighted by Gasteiger charge is -2.36. The SMILES string of the molecule is Cl.Cl.N#Cc1ccc(C2CSc3ncc(C(=O)N4CCN(c5cccc(Cl)c5)CC4)n32)cc1. The Morgan fingerprint density at radius 3 is 2.48 bits per heavy atom. The molecule has 3 heterocycles. The number of benzene rings is 2. The molecule has 10 heteroatoms. The first-order valence-electron chi connectivity index (χ1n) is 10.1. The number of hydrogen-bond acceptors (Lipinski definition) is 5. The maximum absolute atomic E-state index is 13.4. The third-order valence-electron chi connectivity index (χ3n) is 5.83. The third-order valence-corrected chi connectivity index (χ3v) is 7.11. The molecule has 1 aromatic heterocycles. The first-order valence-corrected chi connectivity index (χ1v) is 11.5. The van der Waals surface area contributed by atoms with Gasteiger partial charge in [-0.15, -0.1) is 24.8 Å². The summed E-state index contributed by atoms with van der Waals surface area (Å²) < 4.78 is 2.05. The molecule has 1 amide bonds. The number of nitriles is 1. The maximum Gasteiger partial charge on any atom is 0.272 e. The van der Waals surface area contributed by atoms with Crippen molar-refractivity contribution in [1.29, 1.82) is 5.26 Å². The molecule has 1 fully saturated rings. The van der Waals surface area contributed by atoms with E-state index < -0.39 is 0 Å². The predicted octanol–water partition coefficient (Wildman–Crippen LogP) is 4.91. The van der Waals surface area contributed by atoms with Crippen LogP contribution in [0.5, 0.6) is 0 Å². The Bertz CT molecular complexity index is 1170. The lowest BCUT2D eigenvalue weighted by atomic mass is 10.1. The van der Waals surface area contributed by atoms with Gasteiger partial charge in [-0.25, -0.2) is 4.98 Å². The normalized spacial score (nSPS) is 16.9. The van der Waals surface area contributed by atoms with Crippen molar-refractivity contribution >= 4 is 59.8 Å². The second-order valence-electron chi connectivity index (χ2n) is 7.62. The summed E-state index contributed by atoms with van der Waals surface area (Å²) in [5, 5.41) is 10.6. The minimum atomic E-state index is 0. The zero-order valence-electron chi connectivity index (χ0n) is 17.6. The van der Waals surface area contributed by atoms with Crippen molar-refractivity contribution in [2.24, 2.45) is 0 Å². The minimum Gasteiger partial charge on any atom is -0.368 e. The molecule has 3 aromatic rings. The average Bonchev–Trinajstić information content (AvgIpc) is 3.41. The summed E-state index contributed by atoms with van der Waals surface area (Å²) in [7, 11) is 0. The predicted molar refractivity (Wildman–Crippen MR) is 136 cm³/mol. The summed E-state index contributed by atoms with van der Waals surface area (Å²) in [5.41, 5.74) is 3.44. The topological polar surface area (TPSA) is 65.2 Å². The highest BCUT2D eigenvalue weighted by atomic mass is 35.5. The van der Waals surface area contributed by atoms with Crippen molar-refractivity contribution in [3.63, 3.8) is 0 Å². The summed E-state index contributed by atoms with van der Waals surface area (Å²) in [4.78, 5) is 22.0. The molecule has 1 atom stereocenters. The van der Waals surface area contributed by atoms with Crippen LogP contribution in [-0.2, 0) is 0 Å². The van der Waals surface area contributed by atoms with E-state index in [1.807, 2.05) is 53.4 Å². The van der Waals surface area contributed by atoms with Gasteiger partial charge in [0.2, 0.25) is 0 Å². The van der Waals surface area contributed by atoms with Gasteiger partial charge in [-0.1, -0.05) is 41.6 Å². The number of aromatic nitrogens is 2. The minimum absolute atomic E-state index is 0. The second-order valence-corrected chi connectivity index (χ2v) is 9.04. The van der Waals surface area contributed by atoms with Gasteiger partial charge in [0.25, 0.3) is 5.91 Å². The molecule has 2 aliphatic heterocycles. The molecule has 0 aliphatic carbocycles. The van der Waals surface area contributed by atoms with Gasteiger partial charge in [0, 0.05) is 42.6 Å². The number of hydrogen-bond donors (Lipinski definition) is 0. The van der Waals surface area contributed by atoms with Crippen LogP contribution in [0.1, 0.15) is 27.7 Å². The number of amides is 1. The van der Waals surface area contributed by atoms with E-state index in [0.29, 0.717) is 24.3 Å². The molecule has 0 radical (unpaired) electrons. The molecule has 1 unspecified atom stereocenters. The average molecular weight is 523 g/mol. The maximum atomic E-state index is 13.4. The molecule has 33 heavy (non-hydrogen) atoms. The van der Waals surface area contributed by atoms with Gasteiger partial charge in [0.1, 0.15) is 5.69 Å². The van der Waals surface area contributed by atoms with Crippen molar-refractivity contribution in [2.45, 2.75) is 11.2 Å². The van der Waals surface area contributed by atoms with Crippen LogP contribution in [0.15, 0.2) is 59.9 Å². The van der Waals surface area contributed by atoms with Crippen LogP contribution in [-0.4, -0.2) is 52.3 Å². The number of piperazine rings is 1. The Morgan fingerprint density at radius 2 is 1.82 bits per heavy atom. The van der Waals surface area contributed by atoms with E-state index in [-0.39, 0.29) is 36.8 Å². The second kappa shape index (κ2) is 10.7. The Morgan fingerprint density at radius 1 is 1.09 bits per heavy atom. The van der Waals surface area contributed by atoms with Crippen molar-refractivity contribution in [3.05, 3.63) is 76.6 Å². The summed E-state index contributed by atoms with van der Waals surface area (Å²) in [6.07, 6.45) is 1.70. The smallest absolute Gasteiger partial charge is 0.272 e. The molecule has 0 N–H and O–H groups in total. The van der Waals surface area contributed by atoms with Crippen LogP contribution < -0.4 is 4.90 Å². The van der Waals surface area contributed by atoms with E-state index in [0.717, 1.165) is 40.3 Å². The molecule has 6 nitrogen and oxygen atoms in total. The number of nitrogens with zero attached hydrogens (tertiary/aromatic N) is 5. The quantitative estimate of drug-likeness (QED) is 0.489. The summed E-state index contributed by atoms with van der Waals surface area (Å²) in [6, 6.07) is 17.6.